The van der Waals surface area contributed by atoms with E-state index in [1.165, 1.54) is 22.6 Å². The zero-order valence-electron chi connectivity index (χ0n) is 18.2. The summed E-state index contributed by atoms with van der Waals surface area (Å²) < 4.78 is 13.2. The Morgan fingerprint density at radius 3 is 2.06 bits per heavy atom. The maximum absolute atomic E-state index is 13.3. The summed E-state index contributed by atoms with van der Waals surface area (Å²) in [5.41, 5.74) is 5.23. The Morgan fingerprint density at radius 2 is 1.44 bits per heavy atom. The van der Waals surface area contributed by atoms with Gasteiger partial charge in [0.05, 0.1) is 5.57 Å². The molecule has 0 radical (unpaired) electrons. The molecule has 1 aliphatic heterocycles. The molecule has 3 aromatic rings. The largest absolute Gasteiger partial charge is 0.350 e. The fourth-order valence-electron chi connectivity index (χ4n) is 3.74. The van der Waals surface area contributed by atoms with Gasteiger partial charge < -0.3 is 5.32 Å². The summed E-state index contributed by atoms with van der Waals surface area (Å²) in [5.74, 6) is -0.994. The number of halogens is 1. The lowest BCUT2D eigenvalue weighted by Crippen LogP contribution is -2.34. The van der Waals surface area contributed by atoms with Crippen LogP contribution in [0.25, 0.3) is 5.57 Å². The minimum absolute atomic E-state index is 0.221. The summed E-state index contributed by atoms with van der Waals surface area (Å²) in [4.78, 5) is 27.9. The third kappa shape index (κ3) is 4.47. The van der Waals surface area contributed by atoms with E-state index in [9.17, 15) is 14.0 Å². The summed E-state index contributed by atoms with van der Waals surface area (Å²) in [7, 11) is 0. The van der Waals surface area contributed by atoms with Gasteiger partial charge >= 0.3 is 0 Å². The van der Waals surface area contributed by atoms with E-state index in [-0.39, 0.29) is 29.9 Å². The second kappa shape index (κ2) is 9.18. The number of anilines is 1. The van der Waals surface area contributed by atoms with E-state index in [1.807, 2.05) is 55.5 Å². The first kappa shape index (κ1) is 21.5. The first-order valence-electron chi connectivity index (χ1n) is 10.7. The minimum atomic E-state index is -0.354. The number of amides is 2. The van der Waals surface area contributed by atoms with E-state index >= 15 is 0 Å². The van der Waals surface area contributed by atoms with Crippen molar-refractivity contribution in [3.8, 4) is 0 Å². The van der Waals surface area contributed by atoms with Crippen LogP contribution in [0.5, 0.6) is 0 Å². The lowest BCUT2D eigenvalue weighted by molar-refractivity contribution is -0.136. The van der Waals surface area contributed by atoms with Gasteiger partial charge in [-0.3, -0.25) is 14.5 Å². The minimum Gasteiger partial charge on any atom is -0.350 e. The first-order valence-corrected chi connectivity index (χ1v) is 10.7. The van der Waals surface area contributed by atoms with E-state index in [1.54, 1.807) is 12.1 Å². The summed E-state index contributed by atoms with van der Waals surface area (Å²) >= 11 is 0. The van der Waals surface area contributed by atoms with Gasteiger partial charge in [-0.15, -0.1) is 0 Å². The molecule has 0 saturated heterocycles. The molecule has 0 aliphatic carbocycles. The topological polar surface area (TPSA) is 49.4 Å². The summed E-state index contributed by atoms with van der Waals surface area (Å²) in [5, 5.41) is 3.19. The molecule has 3 aromatic carbocycles. The van der Waals surface area contributed by atoms with Crippen molar-refractivity contribution in [3.05, 3.63) is 107 Å². The third-order valence-electron chi connectivity index (χ3n) is 5.68. The van der Waals surface area contributed by atoms with Crippen molar-refractivity contribution in [2.45, 2.75) is 26.7 Å². The smallest absolute Gasteiger partial charge is 0.278 e. The highest BCUT2D eigenvalue weighted by Crippen LogP contribution is 2.31. The van der Waals surface area contributed by atoms with Crippen molar-refractivity contribution >= 4 is 23.1 Å². The molecule has 4 rings (SSSR count). The molecule has 162 valence electrons. The van der Waals surface area contributed by atoms with Gasteiger partial charge in [-0.05, 0) is 60.7 Å². The van der Waals surface area contributed by atoms with Gasteiger partial charge in [-0.25, -0.2) is 4.39 Å². The Bertz CT molecular complexity index is 1160. The van der Waals surface area contributed by atoms with Gasteiger partial charge in [-0.1, -0.05) is 61.0 Å². The molecule has 32 heavy (non-hydrogen) atoms. The number of carbonyl (C=O) groups excluding carboxylic acids is 2. The van der Waals surface area contributed by atoms with E-state index in [0.717, 1.165) is 23.2 Å². The fraction of sp³-hybridized carbons (Fsp3) is 0.185. The molecule has 0 aromatic heterocycles. The number of benzene rings is 3. The van der Waals surface area contributed by atoms with Gasteiger partial charge in [0.15, 0.2) is 0 Å². The second-order valence-electron chi connectivity index (χ2n) is 7.93. The van der Waals surface area contributed by atoms with Crippen molar-refractivity contribution in [1.29, 1.82) is 0 Å². The molecule has 2 amide bonds. The molecule has 0 unspecified atom stereocenters. The average Bonchev–Trinajstić information content (AvgIpc) is 3.03. The molecule has 0 bridgehead atoms. The van der Waals surface area contributed by atoms with Gasteiger partial charge in [0.25, 0.3) is 11.8 Å². The zero-order chi connectivity index (χ0) is 22.7. The number of hydrogen-bond acceptors (Lipinski definition) is 3. The average molecular weight is 429 g/mol. The van der Waals surface area contributed by atoms with Crippen LogP contribution in [-0.2, 0) is 22.4 Å². The molecule has 0 atom stereocenters. The monoisotopic (exact) mass is 428 g/mol. The molecule has 0 saturated carbocycles. The van der Waals surface area contributed by atoms with Crippen LogP contribution < -0.4 is 5.32 Å². The van der Waals surface area contributed by atoms with Crippen LogP contribution in [0.2, 0.25) is 0 Å². The number of aryl methyl sites for hydroxylation is 2. The van der Waals surface area contributed by atoms with Crippen LogP contribution in [-0.4, -0.2) is 23.3 Å². The van der Waals surface area contributed by atoms with Crippen LogP contribution in [0.3, 0.4) is 0 Å². The molecular weight excluding hydrogens is 403 g/mol. The Hall–Kier alpha value is -3.73. The second-order valence-corrected chi connectivity index (χ2v) is 7.93. The van der Waals surface area contributed by atoms with E-state index in [4.69, 9.17) is 0 Å². The van der Waals surface area contributed by atoms with Crippen LogP contribution in [0, 0.1) is 12.7 Å². The molecule has 5 heteroatoms. The van der Waals surface area contributed by atoms with Gasteiger partial charge in [0, 0.05) is 12.2 Å². The number of hydrogen-bond donors (Lipinski definition) is 1. The SMILES string of the molecule is CCc1ccc(NC2=C(c3ccc(C)cc3)C(=O)N(CCc3ccc(F)cc3)C2=O)cc1. The highest BCUT2D eigenvalue weighted by molar-refractivity contribution is 6.36. The number of carbonyl (C=O) groups is 2. The fourth-order valence-corrected chi connectivity index (χ4v) is 3.74. The predicted molar refractivity (Wildman–Crippen MR) is 124 cm³/mol. The highest BCUT2D eigenvalue weighted by atomic mass is 19.1. The molecule has 0 spiro atoms. The first-order chi connectivity index (χ1) is 15.5. The lowest BCUT2D eigenvalue weighted by Gasteiger charge is -2.15. The van der Waals surface area contributed by atoms with Crippen molar-refractivity contribution in [2.75, 3.05) is 11.9 Å². The summed E-state index contributed by atoms with van der Waals surface area (Å²) in [6, 6.07) is 21.5. The third-order valence-corrected chi connectivity index (χ3v) is 5.68. The molecular formula is C27H25FN2O2. The van der Waals surface area contributed by atoms with E-state index < -0.39 is 0 Å². The van der Waals surface area contributed by atoms with Crippen molar-refractivity contribution < 1.29 is 14.0 Å². The van der Waals surface area contributed by atoms with Crippen LogP contribution in [0.4, 0.5) is 10.1 Å². The molecule has 1 heterocycles. The standard InChI is InChI=1S/C27H25FN2O2/c1-3-19-8-14-23(15-9-19)29-25-24(21-10-4-18(2)5-11-21)26(31)30(27(25)32)17-16-20-6-12-22(28)13-7-20/h4-15,29H,3,16-17H2,1-2H3. The Kier molecular flexibility index (Phi) is 6.17. The van der Waals surface area contributed by atoms with Crippen LogP contribution in [0.15, 0.2) is 78.5 Å². The molecule has 1 N–H and O–H groups in total. The highest BCUT2D eigenvalue weighted by Gasteiger charge is 2.38. The van der Waals surface area contributed by atoms with E-state index in [2.05, 4.69) is 12.2 Å². The Morgan fingerprint density at radius 1 is 0.812 bits per heavy atom. The van der Waals surface area contributed by atoms with Crippen molar-refractivity contribution in [3.63, 3.8) is 0 Å². The molecule has 1 aliphatic rings. The Labute approximate surface area is 187 Å². The van der Waals surface area contributed by atoms with Crippen LogP contribution in [0.1, 0.15) is 29.2 Å². The number of nitrogens with zero attached hydrogens (tertiary/aromatic N) is 1. The quantitative estimate of drug-likeness (QED) is 0.531. The number of rotatable bonds is 7. The zero-order valence-corrected chi connectivity index (χ0v) is 18.2. The number of imide groups is 1. The van der Waals surface area contributed by atoms with Crippen LogP contribution >= 0.6 is 0 Å². The van der Waals surface area contributed by atoms with Crippen molar-refractivity contribution in [1.82, 2.24) is 4.90 Å². The normalized spacial score (nSPS) is 13.8. The lowest BCUT2D eigenvalue weighted by atomic mass is 10.0. The maximum atomic E-state index is 13.3. The summed E-state index contributed by atoms with van der Waals surface area (Å²) in [6.07, 6.45) is 1.38. The van der Waals surface area contributed by atoms with Gasteiger partial charge in [0.2, 0.25) is 0 Å². The molecule has 0 fully saturated rings. The Balaban J connectivity index is 1.64. The summed E-state index contributed by atoms with van der Waals surface area (Å²) in [6.45, 7) is 4.28. The molecule has 4 nitrogen and oxygen atoms in total. The maximum Gasteiger partial charge on any atom is 0.278 e. The predicted octanol–water partition coefficient (Wildman–Crippen LogP) is 5.13. The van der Waals surface area contributed by atoms with Gasteiger partial charge in [0.1, 0.15) is 11.5 Å². The number of nitrogens with one attached hydrogen (secondary N) is 1. The van der Waals surface area contributed by atoms with Gasteiger partial charge in [-0.2, -0.15) is 0 Å². The van der Waals surface area contributed by atoms with Crippen molar-refractivity contribution in [2.24, 2.45) is 0 Å². The van der Waals surface area contributed by atoms with E-state index in [0.29, 0.717) is 17.6 Å².